The van der Waals surface area contributed by atoms with Crippen molar-refractivity contribution in [1.82, 2.24) is 15.1 Å². The van der Waals surface area contributed by atoms with Crippen LogP contribution in [0, 0.1) is 5.82 Å². The largest absolute Gasteiger partial charge is 0.394 e. The second kappa shape index (κ2) is 9.82. The first-order valence-electron chi connectivity index (χ1n) is 9.69. The van der Waals surface area contributed by atoms with Gasteiger partial charge in [0.15, 0.2) is 0 Å². The van der Waals surface area contributed by atoms with Crippen LogP contribution >= 0.6 is 0 Å². The van der Waals surface area contributed by atoms with Crippen molar-refractivity contribution in [3.05, 3.63) is 42.2 Å². The Morgan fingerprint density at radius 1 is 1.21 bits per heavy atom. The first-order chi connectivity index (χ1) is 14.0. The molecule has 2 heterocycles. The summed E-state index contributed by atoms with van der Waals surface area (Å²) in [5.41, 5.74) is 0.0573. The summed E-state index contributed by atoms with van der Waals surface area (Å²) in [4.78, 5) is 28.6. The maximum Gasteiger partial charge on any atom is 0.319 e. The highest BCUT2D eigenvalue weighted by Gasteiger charge is 2.30. The molecule has 1 aromatic carbocycles. The van der Waals surface area contributed by atoms with Gasteiger partial charge in [0, 0.05) is 26.2 Å². The highest BCUT2D eigenvalue weighted by molar-refractivity contribution is 5.89. The van der Waals surface area contributed by atoms with Gasteiger partial charge in [-0.2, -0.15) is 0 Å². The van der Waals surface area contributed by atoms with Crippen LogP contribution in [0.25, 0.3) is 0 Å². The lowest BCUT2D eigenvalue weighted by molar-refractivity contribution is -0.137. The van der Waals surface area contributed by atoms with Crippen LogP contribution < -0.4 is 10.6 Å². The van der Waals surface area contributed by atoms with E-state index in [1.807, 2.05) is 11.9 Å². The second-order valence-electron chi connectivity index (χ2n) is 7.27. The zero-order valence-electron chi connectivity index (χ0n) is 16.4. The number of amides is 3. The number of benzene rings is 1. The molecule has 8 nitrogen and oxygen atoms in total. The minimum Gasteiger partial charge on any atom is -0.394 e. The summed E-state index contributed by atoms with van der Waals surface area (Å²) in [6.07, 6.45) is 2.44. The average Bonchev–Trinajstić information content (AvgIpc) is 2.71. The fourth-order valence-corrected chi connectivity index (χ4v) is 3.37. The summed E-state index contributed by atoms with van der Waals surface area (Å²) in [7, 11) is 2.02. The molecular formula is C20H27FN4O4. The van der Waals surface area contributed by atoms with Crippen molar-refractivity contribution >= 4 is 17.6 Å². The van der Waals surface area contributed by atoms with Gasteiger partial charge in [0.25, 0.3) is 0 Å². The van der Waals surface area contributed by atoms with Crippen LogP contribution in [-0.2, 0) is 9.53 Å². The molecule has 0 saturated carbocycles. The third-order valence-corrected chi connectivity index (χ3v) is 5.11. The number of rotatable bonds is 5. The molecule has 0 radical (unpaired) electrons. The molecule has 9 heteroatoms. The fraction of sp³-hybridized carbons (Fsp3) is 0.500. The van der Waals surface area contributed by atoms with E-state index in [2.05, 4.69) is 15.5 Å². The number of aliphatic hydroxyl groups is 1. The lowest BCUT2D eigenvalue weighted by Crippen LogP contribution is -2.51. The SMILES string of the molecule is CN1CCN(C(=O)C[C@H]2C=C[C@H](NC(=O)Nc3ccccc3F)[C@@H](CO)O2)CC1. The van der Waals surface area contributed by atoms with E-state index in [0.29, 0.717) is 13.1 Å². The number of urea groups is 1. The predicted molar refractivity (Wildman–Crippen MR) is 106 cm³/mol. The molecule has 3 rings (SSSR count). The topological polar surface area (TPSA) is 94.1 Å². The van der Waals surface area contributed by atoms with Crippen molar-refractivity contribution in [1.29, 1.82) is 0 Å². The molecule has 158 valence electrons. The van der Waals surface area contributed by atoms with Crippen LogP contribution in [-0.4, -0.2) is 84.9 Å². The second-order valence-corrected chi connectivity index (χ2v) is 7.27. The molecule has 29 heavy (non-hydrogen) atoms. The minimum absolute atomic E-state index is 0.00754. The van der Waals surface area contributed by atoms with E-state index >= 15 is 0 Å². The van der Waals surface area contributed by atoms with Crippen molar-refractivity contribution < 1.29 is 23.8 Å². The molecule has 0 spiro atoms. The fourth-order valence-electron chi connectivity index (χ4n) is 3.37. The van der Waals surface area contributed by atoms with E-state index in [1.54, 1.807) is 18.2 Å². The van der Waals surface area contributed by atoms with E-state index in [-0.39, 0.29) is 24.6 Å². The van der Waals surface area contributed by atoms with Gasteiger partial charge in [0.1, 0.15) is 11.9 Å². The van der Waals surface area contributed by atoms with Crippen molar-refractivity contribution in [2.24, 2.45) is 0 Å². The zero-order chi connectivity index (χ0) is 20.8. The van der Waals surface area contributed by atoms with E-state index in [4.69, 9.17) is 4.74 Å². The number of nitrogens with zero attached hydrogens (tertiary/aromatic N) is 2. The van der Waals surface area contributed by atoms with Gasteiger partial charge in [-0.05, 0) is 19.2 Å². The lowest BCUT2D eigenvalue weighted by atomic mass is 10.0. The van der Waals surface area contributed by atoms with Gasteiger partial charge in [-0.15, -0.1) is 0 Å². The van der Waals surface area contributed by atoms with Gasteiger partial charge >= 0.3 is 6.03 Å². The van der Waals surface area contributed by atoms with Gasteiger partial charge in [-0.3, -0.25) is 4.79 Å². The molecule has 1 fully saturated rings. The summed E-state index contributed by atoms with van der Waals surface area (Å²) in [6.45, 7) is 2.74. The third kappa shape index (κ3) is 5.75. The standard InChI is InChI=1S/C20H27FN4O4/c1-24-8-10-25(11-9-24)19(27)12-14-6-7-17(18(13-26)29-14)23-20(28)22-16-5-3-2-4-15(16)21/h2-7,14,17-18,26H,8-13H2,1H3,(H2,22,23,28)/t14-,17+,18-/m1/s1. The van der Waals surface area contributed by atoms with Gasteiger partial charge in [0.05, 0.1) is 30.9 Å². The van der Waals surface area contributed by atoms with Crippen LogP contribution in [0.4, 0.5) is 14.9 Å². The van der Waals surface area contributed by atoms with Crippen LogP contribution in [0.3, 0.4) is 0 Å². The molecule has 2 aliphatic heterocycles. The van der Waals surface area contributed by atoms with E-state index in [1.165, 1.54) is 18.2 Å². The number of anilines is 1. The number of carbonyl (C=O) groups excluding carboxylic acids is 2. The molecule has 1 saturated heterocycles. The van der Waals surface area contributed by atoms with Crippen molar-refractivity contribution in [2.45, 2.75) is 24.7 Å². The first-order valence-corrected chi connectivity index (χ1v) is 9.69. The number of piperazine rings is 1. The quantitative estimate of drug-likeness (QED) is 0.629. The van der Waals surface area contributed by atoms with E-state index < -0.39 is 30.1 Å². The Kier molecular flexibility index (Phi) is 7.18. The molecule has 0 unspecified atom stereocenters. The Hall–Kier alpha value is -2.49. The number of aliphatic hydroxyl groups excluding tert-OH is 1. The molecule has 2 aliphatic rings. The number of nitrogens with one attached hydrogen (secondary N) is 2. The predicted octanol–water partition coefficient (Wildman–Crippen LogP) is 0.796. The summed E-state index contributed by atoms with van der Waals surface area (Å²) in [5.74, 6) is -0.535. The van der Waals surface area contributed by atoms with Gasteiger partial charge < -0.3 is 30.3 Å². The van der Waals surface area contributed by atoms with Gasteiger partial charge in [0.2, 0.25) is 5.91 Å². The van der Waals surface area contributed by atoms with Crippen LogP contribution in [0.15, 0.2) is 36.4 Å². The smallest absolute Gasteiger partial charge is 0.319 e. The summed E-state index contributed by atoms with van der Waals surface area (Å²) < 4.78 is 19.5. The monoisotopic (exact) mass is 406 g/mol. The maximum atomic E-state index is 13.7. The van der Waals surface area contributed by atoms with E-state index in [9.17, 15) is 19.1 Å². The highest BCUT2D eigenvalue weighted by Crippen LogP contribution is 2.18. The van der Waals surface area contributed by atoms with Crippen LogP contribution in [0.2, 0.25) is 0 Å². The molecule has 3 amide bonds. The minimum atomic E-state index is -0.698. The highest BCUT2D eigenvalue weighted by atomic mass is 19.1. The lowest BCUT2D eigenvalue weighted by Gasteiger charge is -2.35. The van der Waals surface area contributed by atoms with Crippen molar-refractivity contribution in [2.75, 3.05) is 45.2 Å². The van der Waals surface area contributed by atoms with Crippen LogP contribution in [0.5, 0.6) is 0 Å². The molecule has 0 aromatic heterocycles. The molecule has 3 atom stereocenters. The van der Waals surface area contributed by atoms with Crippen molar-refractivity contribution in [3.63, 3.8) is 0 Å². The maximum absolute atomic E-state index is 13.7. The normalized spacial score (nSPS) is 24.9. The Balaban J connectivity index is 1.53. The number of hydrogen-bond acceptors (Lipinski definition) is 5. The Bertz CT molecular complexity index is 752. The number of likely N-dealkylation sites (N-methyl/N-ethyl adjacent to an activating group) is 1. The van der Waals surface area contributed by atoms with Gasteiger partial charge in [-0.1, -0.05) is 24.3 Å². The molecule has 3 N–H and O–H groups in total. The summed E-state index contributed by atoms with van der Waals surface area (Å²) >= 11 is 0. The zero-order valence-corrected chi connectivity index (χ0v) is 16.4. The van der Waals surface area contributed by atoms with Crippen molar-refractivity contribution in [3.8, 4) is 0 Å². The van der Waals surface area contributed by atoms with Crippen LogP contribution in [0.1, 0.15) is 6.42 Å². The molecule has 0 aliphatic carbocycles. The summed E-state index contributed by atoms with van der Waals surface area (Å²) in [6, 6.07) is 4.63. The number of hydrogen-bond donors (Lipinski definition) is 3. The number of halogens is 1. The number of ether oxygens (including phenoxy) is 1. The molecule has 1 aromatic rings. The average molecular weight is 406 g/mol. The summed E-state index contributed by atoms with van der Waals surface area (Å²) in [5, 5.41) is 14.7. The van der Waals surface area contributed by atoms with E-state index in [0.717, 1.165) is 13.1 Å². The molecule has 0 bridgehead atoms. The Labute approximate surface area is 169 Å². The Morgan fingerprint density at radius 3 is 2.62 bits per heavy atom. The molecular weight excluding hydrogens is 379 g/mol. The first kappa shape index (κ1) is 21.2. The van der Waals surface area contributed by atoms with Gasteiger partial charge in [-0.25, -0.2) is 9.18 Å². The third-order valence-electron chi connectivity index (χ3n) is 5.11. The Morgan fingerprint density at radius 2 is 1.93 bits per heavy atom. The number of carbonyl (C=O) groups is 2. The number of para-hydroxylation sites is 1.